The molecule has 0 aromatic carbocycles. The molecule has 176 valence electrons. The number of ether oxygens (including phenoxy) is 3. The van der Waals surface area contributed by atoms with Crippen LogP contribution < -0.4 is 19.9 Å². The molecule has 11 nitrogen and oxygen atoms in total. The van der Waals surface area contributed by atoms with Gasteiger partial charge >= 0.3 is 12.1 Å². The highest BCUT2D eigenvalue weighted by Crippen LogP contribution is 2.40. The molecular formula is C22H28N6O5. The van der Waals surface area contributed by atoms with Crippen LogP contribution in [0.2, 0.25) is 0 Å². The summed E-state index contributed by atoms with van der Waals surface area (Å²) >= 11 is 0. The maximum atomic E-state index is 12.8. The average molecular weight is 457 g/mol. The first-order valence-electron chi connectivity index (χ1n) is 11.0. The van der Waals surface area contributed by atoms with Crippen LogP contribution in [0.25, 0.3) is 0 Å². The van der Waals surface area contributed by atoms with E-state index in [1.54, 1.807) is 25.0 Å². The first-order chi connectivity index (χ1) is 16.0. The number of anilines is 3. The fourth-order valence-electron chi connectivity index (χ4n) is 4.12. The van der Waals surface area contributed by atoms with Crippen molar-refractivity contribution in [2.75, 3.05) is 49.0 Å². The summed E-state index contributed by atoms with van der Waals surface area (Å²) in [4.78, 5) is 42.0. The van der Waals surface area contributed by atoms with Gasteiger partial charge in [-0.3, -0.25) is 4.90 Å². The number of esters is 1. The molecule has 2 atom stereocenters. The minimum atomic E-state index is -0.438. The molecule has 1 amide bonds. The monoisotopic (exact) mass is 456 g/mol. The average Bonchev–Trinajstić information content (AvgIpc) is 2.96. The number of rotatable bonds is 5. The Morgan fingerprint density at radius 2 is 2.12 bits per heavy atom. The first kappa shape index (κ1) is 22.6. The fourth-order valence-corrected chi connectivity index (χ4v) is 4.12. The highest BCUT2D eigenvalue weighted by atomic mass is 16.6. The van der Waals surface area contributed by atoms with Gasteiger partial charge in [0.05, 0.1) is 37.7 Å². The number of pyridine rings is 1. The van der Waals surface area contributed by atoms with E-state index in [0.717, 1.165) is 6.42 Å². The van der Waals surface area contributed by atoms with E-state index in [2.05, 4.69) is 20.3 Å². The van der Waals surface area contributed by atoms with Crippen LogP contribution in [0.5, 0.6) is 5.88 Å². The Kier molecular flexibility index (Phi) is 6.47. The zero-order valence-electron chi connectivity index (χ0n) is 19.2. The van der Waals surface area contributed by atoms with Gasteiger partial charge in [0.2, 0.25) is 11.8 Å². The van der Waals surface area contributed by atoms with Crippen molar-refractivity contribution in [1.29, 1.82) is 0 Å². The smallest absolute Gasteiger partial charge is 0.414 e. The van der Waals surface area contributed by atoms with Crippen molar-refractivity contribution >= 4 is 29.5 Å². The number of methoxy groups -OCH3 is 1. The molecule has 11 heteroatoms. The lowest BCUT2D eigenvalue weighted by Gasteiger charge is -2.39. The topological polar surface area (TPSA) is 119 Å². The Bertz CT molecular complexity index is 1050. The molecule has 2 aromatic rings. The molecule has 33 heavy (non-hydrogen) atoms. The maximum Gasteiger partial charge on any atom is 0.414 e. The van der Waals surface area contributed by atoms with Crippen LogP contribution in [0, 0.1) is 0 Å². The Morgan fingerprint density at radius 3 is 2.85 bits per heavy atom. The summed E-state index contributed by atoms with van der Waals surface area (Å²) < 4.78 is 15.8. The summed E-state index contributed by atoms with van der Waals surface area (Å²) in [5.41, 5.74) is 1.61. The van der Waals surface area contributed by atoms with Gasteiger partial charge in [-0.2, -0.15) is 4.98 Å². The van der Waals surface area contributed by atoms with E-state index in [-0.39, 0.29) is 25.3 Å². The van der Waals surface area contributed by atoms with E-state index in [0.29, 0.717) is 47.6 Å². The normalized spacial score (nSPS) is 19.7. The standard InChI is InChI=1S/C22H28N6O5/c1-5-13-11-15(18-16(7-8-17(25-18)31-4)28(13)22(30)32-6-2)24-21-23-12-14-19(26-21)27(3)9-10-33-20(14)29/h7-8,12-13,15H,5-6,9-11H2,1-4H3,(H,23,24,26)/t13-,15+/m1/s1. The van der Waals surface area contributed by atoms with Crippen LogP contribution in [0.3, 0.4) is 0 Å². The molecule has 0 spiro atoms. The van der Waals surface area contributed by atoms with Crippen molar-refractivity contribution in [2.24, 2.45) is 0 Å². The van der Waals surface area contributed by atoms with E-state index in [1.165, 1.54) is 6.20 Å². The third-order valence-electron chi connectivity index (χ3n) is 5.80. The van der Waals surface area contributed by atoms with Crippen molar-refractivity contribution in [3.8, 4) is 5.88 Å². The van der Waals surface area contributed by atoms with E-state index in [4.69, 9.17) is 14.2 Å². The van der Waals surface area contributed by atoms with Crippen LogP contribution >= 0.6 is 0 Å². The molecule has 2 aliphatic heterocycles. The minimum Gasteiger partial charge on any atom is -0.481 e. The molecule has 2 aromatic heterocycles. The Balaban J connectivity index is 1.71. The van der Waals surface area contributed by atoms with Crippen LogP contribution in [0.15, 0.2) is 18.3 Å². The number of fused-ring (bicyclic) bond motifs is 2. The van der Waals surface area contributed by atoms with Gasteiger partial charge in [0.15, 0.2) is 0 Å². The number of nitrogens with one attached hydrogen (secondary N) is 1. The van der Waals surface area contributed by atoms with Crippen LogP contribution in [-0.2, 0) is 9.47 Å². The highest BCUT2D eigenvalue weighted by Gasteiger charge is 2.38. The van der Waals surface area contributed by atoms with Gasteiger partial charge in [0, 0.05) is 25.4 Å². The SMILES string of the molecule is CCOC(=O)N1c2ccc(OC)nc2[C@@H](Nc2ncc3c(n2)N(C)CCOC3=O)C[C@H]1CC. The number of aromatic nitrogens is 3. The lowest BCUT2D eigenvalue weighted by molar-refractivity contribution is 0.0526. The number of amides is 1. The molecule has 1 N–H and O–H groups in total. The van der Waals surface area contributed by atoms with Gasteiger partial charge in [-0.15, -0.1) is 0 Å². The molecule has 0 unspecified atom stereocenters. The van der Waals surface area contributed by atoms with Gasteiger partial charge < -0.3 is 24.4 Å². The van der Waals surface area contributed by atoms with Crippen molar-refractivity contribution in [3.05, 3.63) is 29.6 Å². The number of likely N-dealkylation sites (N-methyl/N-ethyl adjacent to an activating group) is 1. The third-order valence-corrected chi connectivity index (χ3v) is 5.80. The van der Waals surface area contributed by atoms with Gasteiger partial charge in [0.25, 0.3) is 0 Å². The maximum absolute atomic E-state index is 12.8. The number of cyclic esters (lactones) is 1. The summed E-state index contributed by atoms with van der Waals surface area (Å²) in [7, 11) is 3.40. The van der Waals surface area contributed by atoms with E-state index in [1.807, 2.05) is 24.9 Å². The summed E-state index contributed by atoms with van der Waals surface area (Å²) in [6, 6.07) is 3.14. The van der Waals surface area contributed by atoms with E-state index >= 15 is 0 Å². The lowest BCUT2D eigenvalue weighted by Crippen LogP contribution is -2.46. The molecule has 0 saturated heterocycles. The molecule has 0 bridgehead atoms. The third kappa shape index (κ3) is 4.35. The van der Waals surface area contributed by atoms with E-state index < -0.39 is 12.1 Å². The summed E-state index contributed by atoms with van der Waals surface area (Å²) in [6.07, 6.45) is 2.36. The Hall–Kier alpha value is -3.63. The van der Waals surface area contributed by atoms with Crippen molar-refractivity contribution in [1.82, 2.24) is 15.0 Å². The number of hydrogen-bond acceptors (Lipinski definition) is 10. The lowest BCUT2D eigenvalue weighted by atomic mass is 9.93. The van der Waals surface area contributed by atoms with Crippen molar-refractivity contribution in [2.45, 2.75) is 38.8 Å². The second kappa shape index (κ2) is 9.47. The van der Waals surface area contributed by atoms with Gasteiger partial charge in [-0.05, 0) is 25.8 Å². The van der Waals surface area contributed by atoms with E-state index in [9.17, 15) is 9.59 Å². The Morgan fingerprint density at radius 1 is 1.30 bits per heavy atom. The largest absolute Gasteiger partial charge is 0.481 e. The molecule has 4 heterocycles. The van der Waals surface area contributed by atoms with Crippen molar-refractivity contribution < 1.29 is 23.8 Å². The second-order valence-electron chi connectivity index (χ2n) is 7.81. The van der Waals surface area contributed by atoms with Crippen LogP contribution in [0.1, 0.15) is 48.8 Å². The molecule has 0 aliphatic carbocycles. The fraction of sp³-hybridized carbons (Fsp3) is 0.500. The van der Waals surface area contributed by atoms with Crippen LogP contribution in [-0.4, -0.2) is 67.0 Å². The number of carbonyl (C=O) groups is 2. The predicted molar refractivity (Wildman–Crippen MR) is 121 cm³/mol. The van der Waals surface area contributed by atoms with Crippen LogP contribution in [0.4, 0.5) is 22.2 Å². The minimum absolute atomic E-state index is 0.109. The zero-order valence-corrected chi connectivity index (χ0v) is 19.2. The summed E-state index contributed by atoms with van der Waals surface area (Å²) in [5, 5.41) is 3.35. The van der Waals surface area contributed by atoms with Crippen molar-refractivity contribution in [3.63, 3.8) is 0 Å². The molecule has 0 radical (unpaired) electrons. The molecule has 0 fully saturated rings. The second-order valence-corrected chi connectivity index (χ2v) is 7.81. The molecular weight excluding hydrogens is 428 g/mol. The van der Waals surface area contributed by atoms with Gasteiger partial charge in [-0.1, -0.05) is 6.92 Å². The Labute approximate surface area is 192 Å². The molecule has 0 saturated carbocycles. The van der Waals surface area contributed by atoms with Gasteiger partial charge in [-0.25, -0.2) is 19.6 Å². The molecule has 4 rings (SSSR count). The number of hydrogen-bond donors (Lipinski definition) is 1. The zero-order chi connectivity index (χ0) is 23.5. The van der Waals surface area contributed by atoms with Gasteiger partial charge in [0.1, 0.15) is 18.0 Å². The number of carbonyl (C=O) groups excluding carboxylic acids is 2. The summed E-state index contributed by atoms with van der Waals surface area (Å²) in [5.74, 6) is 0.858. The highest BCUT2D eigenvalue weighted by molar-refractivity contribution is 5.95. The predicted octanol–water partition coefficient (Wildman–Crippen LogP) is 2.79. The molecule has 2 aliphatic rings. The number of nitrogens with zero attached hydrogens (tertiary/aromatic N) is 5. The first-order valence-corrected chi connectivity index (χ1v) is 11.0. The summed E-state index contributed by atoms with van der Waals surface area (Å²) in [6.45, 7) is 4.91. The quantitative estimate of drug-likeness (QED) is 0.673.